The fraction of sp³-hybridized carbons (Fsp3) is 0.733. The summed E-state index contributed by atoms with van der Waals surface area (Å²) in [5.74, 6) is 0.0698. The maximum Gasteiger partial charge on any atom is 0.240 e. The zero-order valence-corrected chi connectivity index (χ0v) is 14.1. The van der Waals surface area contributed by atoms with Crippen molar-refractivity contribution in [2.45, 2.75) is 73.0 Å². The molecule has 1 heterocycles. The minimum Gasteiger partial charge on any atom is -0.352 e. The number of nitrogens with one attached hydrogen (secondary N) is 1. The van der Waals surface area contributed by atoms with Crippen LogP contribution in [0.1, 0.15) is 50.6 Å². The summed E-state index contributed by atoms with van der Waals surface area (Å²) < 4.78 is 1.18. The molecule has 0 saturated heterocycles. The first-order chi connectivity index (χ1) is 10.0. The molecule has 3 rings (SSSR count). The van der Waals surface area contributed by atoms with Crippen LogP contribution in [0.3, 0.4) is 0 Å². The Bertz CT molecular complexity index is 505. The van der Waals surface area contributed by atoms with Gasteiger partial charge in [0.05, 0.1) is 5.54 Å². The first-order valence-electron chi connectivity index (χ1n) is 7.74. The highest BCUT2D eigenvalue weighted by molar-refractivity contribution is 8.01. The van der Waals surface area contributed by atoms with Crippen LogP contribution < -0.4 is 11.1 Å². The van der Waals surface area contributed by atoms with Crippen molar-refractivity contribution in [3.8, 4) is 0 Å². The summed E-state index contributed by atoms with van der Waals surface area (Å²) in [6.45, 7) is 2.04. The predicted octanol–water partition coefficient (Wildman–Crippen LogP) is 2.85. The fourth-order valence-corrected chi connectivity index (χ4v) is 5.25. The highest BCUT2D eigenvalue weighted by Crippen LogP contribution is 2.36. The molecule has 2 fully saturated rings. The summed E-state index contributed by atoms with van der Waals surface area (Å²) in [4.78, 5) is 16.7. The van der Waals surface area contributed by atoms with Crippen LogP contribution in [0.2, 0.25) is 0 Å². The molecule has 116 valence electrons. The van der Waals surface area contributed by atoms with Gasteiger partial charge in [-0.15, -0.1) is 11.3 Å². The fourth-order valence-electron chi connectivity index (χ4n) is 2.97. The third-order valence-electron chi connectivity index (χ3n) is 4.57. The average molecular weight is 326 g/mol. The van der Waals surface area contributed by atoms with Gasteiger partial charge in [-0.2, -0.15) is 0 Å². The standard InChI is InChI=1S/C15H23N3OS2/c1-10-9-20-14(17-10)21-12-5-3-11(4-6-12)18-13(19)15(16)7-2-8-15/h9,11-12H,2-8,16H2,1H3,(H,18,19). The van der Waals surface area contributed by atoms with Crippen molar-refractivity contribution in [3.05, 3.63) is 11.1 Å². The molecule has 0 aliphatic heterocycles. The Labute approximate surface area is 134 Å². The van der Waals surface area contributed by atoms with Gasteiger partial charge in [-0.05, 0) is 51.9 Å². The number of carbonyl (C=O) groups is 1. The van der Waals surface area contributed by atoms with Crippen molar-refractivity contribution in [3.63, 3.8) is 0 Å². The number of hydrogen-bond acceptors (Lipinski definition) is 5. The summed E-state index contributed by atoms with van der Waals surface area (Å²) in [5, 5.41) is 5.91. The van der Waals surface area contributed by atoms with Gasteiger partial charge < -0.3 is 11.1 Å². The van der Waals surface area contributed by atoms with Crippen molar-refractivity contribution in [1.82, 2.24) is 10.3 Å². The third kappa shape index (κ3) is 3.60. The van der Waals surface area contributed by atoms with Crippen LogP contribution in [0, 0.1) is 6.92 Å². The van der Waals surface area contributed by atoms with Gasteiger partial charge in [-0.1, -0.05) is 11.8 Å². The molecule has 6 heteroatoms. The zero-order chi connectivity index (χ0) is 14.9. The van der Waals surface area contributed by atoms with Gasteiger partial charge >= 0.3 is 0 Å². The number of nitrogens with zero attached hydrogens (tertiary/aromatic N) is 1. The van der Waals surface area contributed by atoms with Crippen molar-refractivity contribution in [2.75, 3.05) is 0 Å². The van der Waals surface area contributed by atoms with E-state index in [1.807, 2.05) is 18.7 Å². The minimum absolute atomic E-state index is 0.0698. The van der Waals surface area contributed by atoms with Gasteiger partial charge in [0.15, 0.2) is 0 Å². The lowest BCUT2D eigenvalue weighted by molar-refractivity contribution is -0.130. The molecule has 2 aliphatic carbocycles. The van der Waals surface area contributed by atoms with E-state index in [0.717, 1.165) is 50.6 Å². The van der Waals surface area contributed by atoms with Crippen LogP contribution >= 0.6 is 23.1 Å². The lowest BCUT2D eigenvalue weighted by atomic mass is 9.76. The van der Waals surface area contributed by atoms with E-state index in [9.17, 15) is 4.79 Å². The Balaban J connectivity index is 1.43. The van der Waals surface area contributed by atoms with Crippen LogP contribution in [-0.4, -0.2) is 27.7 Å². The number of amides is 1. The molecule has 21 heavy (non-hydrogen) atoms. The Kier molecular flexibility index (Phi) is 4.57. The monoisotopic (exact) mass is 325 g/mol. The SMILES string of the molecule is Cc1csc(SC2CCC(NC(=O)C3(N)CCC3)CC2)n1. The molecule has 0 spiro atoms. The molecule has 0 bridgehead atoms. The van der Waals surface area contributed by atoms with Crippen LogP contribution in [0.5, 0.6) is 0 Å². The second-order valence-corrected chi connectivity index (χ2v) is 8.74. The number of thioether (sulfide) groups is 1. The van der Waals surface area contributed by atoms with Crippen molar-refractivity contribution in [2.24, 2.45) is 5.73 Å². The van der Waals surface area contributed by atoms with Crippen LogP contribution in [0.4, 0.5) is 0 Å². The summed E-state index contributed by atoms with van der Waals surface area (Å²) >= 11 is 3.63. The van der Waals surface area contributed by atoms with Crippen LogP contribution in [0.15, 0.2) is 9.72 Å². The molecule has 0 atom stereocenters. The maximum absolute atomic E-state index is 12.1. The molecule has 1 amide bonds. The molecule has 4 nitrogen and oxygen atoms in total. The summed E-state index contributed by atoms with van der Waals surface area (Å²) in [5.41, 5.74) is 6.62. The largest absolute Gasteiger partial charge is 0.352 e. The zero-order valence-electron chi connectivity index (χ0n) is 12.4. The maximum atomic E-state index is 12.1. The van der Waals surface area contributed by atoms with E-state index in [1.165, 1.54) is 4.34 Å². The minimum atomic E-state index is -0.565. The molecular weight excluding hydrogens is 302 g/mol. The number of carbonyl (C=O) groups excluding carboxylic acids is 1. The molecular formula is C15H23N3OS2. The quantitative estimate of drug-likeness (QED) is 0.893. The smallest absolute Gasteiger partial charge is 0.240 e. The lowest BCUT2D eigenvalue weighted by Crippen LogP contribution is -2.60. The van der Waals surface area contributed by atoms with Gasteiger partial charge in [-0.3, -0.25) is 4.79 Å². The van der Waals surface area contributed by atoms with Gasteiger partial charge in [-0.25, -0.2) is 4.98 Å². The van der Waals surface area contributed by atoms with E-state index in [1.54, 1.807) is 11.3 Å². The molecule has 1 aromatic heterocycles. The van der Waals surface area contributed by atoms with Crippen molar-refractivity contribution < 1.29 is 4.79 Å². The lowest BCUT2D eigenvalue weighted by Gasteiger charge is -2.38. The van der Waals surface area contributed by atoms with Crippen molar-refractivity contribution >= 4 is 29.0 Å². The number of hydrogen-bond donors (Lipinski definition) is 2. The van der Waals surface area contributed by atoms with E-state index < -0.39 is 5.54 Å². The molecule has 2 aliphatic rings. The Morgan fingerprint density at radius 1 is 1.43 bits per heavy atom. The Morgan fingerprint density at radius 2 is 2.14 bits per heavy atom. The topological polar surface area (TPSA) is 68.0 Å². The average Bonchev–Trinajstić information content (AvgIpc) is 2.83. The summed E-state index contributed by atoms with van der Waals surface area (Å²) in [6.07, 6.45) is 7.17. The summed E-state index contributed by atoms with van der Waals surface area (Å²) in [7, 11) is 0. The van der Waals surface area contributed by atoms with E-state index in [-0.39, 0.29) is 5.91 Å². The van der Waals surface area contributed by atoms with Gasteiger partial charge in [0.2, 0.25) is 5.91 Å². The number of aryl methyl sites for hydroxylation is 1. The van der Waals surface area contributed by atoms with Gasteiger partial charge in [0.1, 0.15) is 4.34 Å². The first kappa shape index (κ1) is 15.3. The molecule has 0 radical (unpaired) electrons. The number of nitrogens with two attached hydrogens (primary N) is 1. The third-order valence-corrected chi connectivity index (χ3v) is 7.00. The molecule has 1 aromatic rings. The second kappa shape index (κ2) is 6.26. The predicted molar refractivity (Wildman–Crippen MR) is 87.7 cm³/mol. The van der Waals surface area contributed by atoms with Gasteiger partial charge in [0, 0.05) is 22.4 Å². The number of thiazole rings is 1. The van der Waals surface area contributed by atoms with Crippen LogP contribution in [0.25, 0.3) is 0 Å². The van der Waals surface area contributed by atoms with Gasteiger partial charge in [0.25, 0.3) is 0 Å². The normalized spacial score (nSPS) is 27.9. The van der Waals surface area contributed by atoms with Crippen LogP contribution in [-0.2, 0) is 4.79 Å². The van der Waals surface area contributed by atoms with E-state index >= 15 is 0 Å². The van der Waals surface area contributed by atoms with E-state index in [2.05, 4.69) is 15.7 Å². The highest BCUT2D eigenvalue weighted by Gasteiger charge is 2.41. The Morgan fingerprint density at radius 3 is 2.67 bits per heavy atom. The van der Waals surface area contributed by atoms with E-state index in [0.29, 0.717) is 11.3 Å². The van der Waals surface area contributed by atoms with Crippen molar-refractivity contribution in [1.29, 1.82) is 0 Å². The molecule has 3 N–H and O–H groups in total. The Hall–Kier alpha value is -0.590. The summed E-state index contributed by atoms with van der Waals surface area (Å²) in [6, 6.07) is 0.313. The van der Waals surface area contributed by atoms with E-state index in [4.69, 9.17) is 5.73 Å². The number of rotatable bonds is 4. The second-order valence-electron chi connectivity index (χ2n) is 6.33. The molecule has 2 saturated carbocycles. The molecule has 0 unspecified atom stereocenters. The number of aromatic nitrogens is 1. The molecule has 0 aromatic carbocycles. The first-order valence-corrected chi connectivity index (χ1v) is 9.50. The highest BCUT2D eigenvalue weighted by atomic mass is 32.2.